The topological polar surface area (TPSA) is 246 Å². The number of carboxylic acid groups (broad SMARTS) is 1. The number of ether oxygens (including phenoxy) is 2. The molecular weight excluding hydrogens is 1200 g/mol. The number of carbonyl (C=O) groups excluding carboxylic acids is 3. The van der Waals surface area contributed by atoms with Crippen molar-refractivity contribution in [2.75, 3.05) is 63.9 Å². The molecule has 4 saturated heterocycles. The molecule has 4 aromatic carbocycles. The Bertz CT molecular complexity index is 3520. The average Bonchev–Trinajstić information content (AvgIpc) is 1.83. The third kappa shape index (κ3) is 16.4. The maximum atomic E-state index is 13.6. The Morgan fingerprint density at radius 2 is 1.03 bits per heavy atom. The second kappa shape index (κ2) is 26.3. The van der Waals surface area contributed by atoms with Crippen LogP contribution in [0, 0.1) is 27.7 Å². The molecule has 87 heavy (non-hydrogen) atoms. The number of nitrogens with one attached hydrogen (secondary N) is 3. The molecule has 19 nitrogen and oxygen atoms in total. The monoisotopic (exact) mass is 1270 g/mol. The van der Waals surface area contributed by atoms with E-state index in [0.717, 1.165) is 53.1 Å². The number of likely N-dealkylation sites (tertiary alicyclic amines) is 1. The number of aryl methyl sites for hydroxylation is 4. The molecule has 6 heterocycles. The van der Waals surface area contributed by atoms with Crippen molar-refractivity contribution in [2.45, 2.75) is 115 Å². The van der Waals surface area contributed by atoms with Gasteiger partial charge in [-0.25, -0.2) is 39.0 Å². The van der Waals surface area contributed by atoms with Gasteiger partial charge in [-0.3, -0.25) is 24.4 Å². The molecular formula is C58H66F8N8O11S2. The number of amides is 3. The van der Waals surface area contributed by atoms with Gasteiger partial charge in [-0.2, -0.15) is 0 Å². The molecule has 6 aliphatic rings. The fraction of sp³-hybridized carbons (Fsp3) is 0.483. The summed E-state index contributed by atoms with van der Waals surface area (Å²) in [5.41, 5.74) is 3.20. The number of sulfonamides is 2. The van der Waals surface area contributed by atoms with E-state index in [0.29, 0.717) is 42.6 Å². The van der Waals surface area contributed by atoms with Crippen LogP contribution in [0.1, 0.15) is 104 Å². The van der Waals surface area contributed by atoms with Crippen LogP contribution in [0.15, 0.2) is 82.8 Å². The summed E-state index contributed by atoms with van der Waals surface area (Å²) >= 11 is 0. The van der Waals surface area contributed by atoms with Crippen molar-refractivity contribution in [1.82, 2.24) is 29.5 Å². The molecule has 0 aromatic heterocycles. The maximum absolute atomic E-state index is 13.6. The summed E-state index contributed by atoms with van der Waals surface area (Å²) in [6, 6.07) is 16.7. The van der Waals surface area contributed by atoms with Crippen molar-refractivity contribution in [2.24, 2.45) is 9.98 Å². The van der Waals surface area contributed by atoms with Crippen LogP contribution in [0.4, 0.5) is 35.1 Å². The van der Waals surface area contributed by atoms with Crippen molar-refractivity contribution < 1.29 is 85.7 Å². The van der Waals surface area contributed by atoms with Gasteiger partial charge in [0.2, 0.25) is 20.0 Å². The van der Waals surface area contributed by atoms with E-state index in [4.69, 9.17) is 0 Å². The second-order valence-electron chi connectivity index (χ2n) is 22.2. The molecule has 3 amide bonds. The van der Waals surface area contributed by atoms with E-state index in [9.17, 15) is 76.2 Å². The van der Waals surface area contributed by atoms with E-state index in [1.165, 1.54) is 49.9 Å². The molecule has 4 N–H and O–H groups in total. The van der Waals surface area contributed by atoms with Crippen LogP contribution in [0.5, 0.6) is 11.5 Å². The van der Waals surface area contributed by atoms with Gasteiger partial charge in [0.1, 0.15) is 46.6 Å². The molecule has 4 fully saturated rings. The van der Waals surface area contributed by atoms with Crippen LogP contribution in [0.25, 0.3) is 0 Å². The van der Waals surface area contributed by atoms with Gasteiger partial charge < -0.3 is 35.4 Å². The molecule has 472 valence electrons. The molecule has 4 aromatic rings. The number of hydrogen-bond donors (Lipinski definition) is 4. The first kappa shape index (κ1) is 65.9. The molecule has 0 bridgehead atoms. The molecule has 6 aliphatic heterocycles. The van der Waals surface area contributed by atoms with E-state index >= 15 is 0 Å². The van der Waals surface area contributed by atoms with Gasteiger partial charge in [-0.15, -0.1) is 26.3 Å². The van der Waals surface area contributed by atoms with E-state index < -0.39 is 85.5 Å². The zero-order valence-corrected chi connectivity index (χ0v) is 49.5. The Kier molecular flexibility index (Phi) is 19.9. The van der Waals surface area contributed by atoms with Crippen LogP contribution in [0.3, 0.4) is 0 Å². The Hall–Kier alpha value is -7.08. The molecule has 0 unspecified atom stereocenters. The quantitative estimate of drug-likeness (QED) is 0.0919. The van der Waals surface area contributed by atoms with Crippen molar-refractivity contribution in [3.8, 4) is 11.5 Å². The SMILES string of the molecule is Cc1cc(C(=O)N2CC[C@@H](F)C2)cc(C)c1CCS(=O)(=O)N1CCC2(CC1)N=C(c1cccc(OC(F)(F)F)c1)NC2=O.Cc1cc(C(=O)O)cc(C)c1CCS(=O)(=O)N1CCC2(CC1)N=C(c1cccc(OC(F)(F)F)c1)NC2=O.F[C@@H]1CCNC1. The highest BCUT2D eigenvalue weighted by atomic mass is 32.2. The normalized spacial score (nSPS) is 20.4. The Morgan fingerprint density at radius 3 is 1.37 bits per heavy atom. The first-order chi connectivity index (χ1) is 40.7. The van der Waals surface area contributed by atoms with Gasteiger partial charge in [-0.1, -0.05) is 24.3 Å². The Balaban J connectivity index is 0.000000207. The van der Waals surface area contributed by atoms with Crippen LogP contribution < -0.4 is 25.4 Å². The lowest BCUT2D eigenvalue weighted by atomic mass is 9.89. The predicted octanol–water partition coefficient (Wildman–Crippen LogP) is 7.17. The largest absolute Gasteiger partial charge is 0.573 e. The first-order valence-electron chi connectivity index (χ1n) is 28.0. The van der Waals surface area contributed by atoms with Crippen molar-refractivity contribution in [3.05, 3.63) is 128 Å². The van der Waals surface area contributed by atoms with Gasteiger partial charge >= 0.3 is 18.7 Å². The van der Waals surface area contributed by atoms with Crippen LogP contribution in [-0.2, 0) is 42.5 Å². The summed E-state index contributed by atoms with van der Waals surface area (Å²) in [7, 11) is -7.38. The van der Waals surface area contributed by atoms with E-state index in [-0.39, 0.29) is 117 Å². The summed E-state index contributed by atoms with van der Waals surface area (Å²) in [5, 5.41) is 17.3. The molecule has 0 aliphatic carbocycles. The molecule has 2 spiro atoms. The molecule has 0 radical (unpaired) electrons. The zero-order valence-electron chi connectivity index (χ0n) is 47.9. The second-order valence-corrected chi connectivity index (χ2v) is 26.4. The number of carbonyl (C=O) groups is 4. The molecule has 10 rings (SSSR count). The summed E-state index contributed by atoms with van der Waals surface area (Å²) in [4.78, 5) is 60.2. The fourth-order valence-corrected chi connectivity index (χ4v) is 14.3. The van der Waals surface area contributed by atoms with Gasteiger partial charge in [0, 0.05) is 56.0 Å². The lowest BCUT2D eigenvalue weighted by molar-refractivity contribution is -0.275. The lowest BCUT2D eigenvalue weighted by Crippen LogP contribution is -2.50. The highest BCUT2D eigenvalue weighted by molar-refractivity contribution is 7.89. The van der Waals surface area contributed by atoms with Crippen molar-refractivity contribution >= 4 is 55.4 Å². The zero-order chi connectivity index (χ0) is 63.4. The third-order valence-electron chi connectivity index (χ3n) is 16.1. The first-order valence-corrected chi connectivity index (χ1v) is 31.2. The lowest BCUT2D eigenvalue weighted by Gasteiger charge is -2.34. The smallest absolute Gasteiger partial charge is 0.478 e. The highest BCUT2D eigenvalue weighted by Crippen LogP contribution is 2.36. The van der Waals surface area contributed by atoms with E-state index in [2.05, 4.69) is 35.4 Å². The number of rotatable bonds is 14. The Morgan fingerprint density at radius 1 is 0.621 bits per heavy atom. The van der Waals surface area contributed by atoms with Gasteiger partial charge in [0.25, 0.3) is 17.7 Å². The van der Waals surface area contributed by atoms with Gasteiger partial charge in [-0.05, 0) is 168 Å². The number of carboxylic acids is 1. The Labute approximate surface area is 497 Å². The number of halogens is 8. The number of piperidine rings is 2. The number of benzene rings is 4. The summed E-state index contributed by atoms with van der Waals surface area (Å²) in [6.45, 7) is 9.22. The number of aliphatic imine (C=N–C) groups is 2. The van der Waals surface area contributed by atoms with E-state index in [1.807, 2.05) is 13.8 Å². The van der Waals surface area contributed by atoms with Gasteiger partial charge in [0.15, 0.2) is 0 Å². The van der Waals surface area contributed by atoms with Gasteiger partial charge in [0.05, 0.1) is 23.6 Å². The third-order valence-corrected chi connectivity index (χ3v) is 19.8. The minimum Gasteiger partial charge on any atom is -0.478 e. The van der Waals surface area contributed by atoms with E-state index in [1.54, 1.807) is 26.0 Å². The van der Waals surface area contributed by atoms with Crippen molar-refractivity contribution in [3.63, 3.8) is 0 Å². The molecule has 2 atom stereocenters. The number of hydrogen-bond acceptors (Lipinski definition) is 13. The van der Waals surface area contributed by atoms with Crippen molar-refractivity contribution in [1.29, 1.82) is 0 Å². The summed E-state index contributed by atoms with van der Waals surface area (Å²) in [5.74, 6) is -3.19. The molecule has 29 heteroatoms. The summed E-state index contributed by atoms with van der Waals surface area (Å²) in [6.07, 6.45) is -9.38. The minimum absolute atomic E-state index is 0.0552. The number of alkyl halides is 8. The summed E-state index contributed by atoms with van der Waals surface area (Å²) < 4.78 is 164. The average molecular weight is 1270 g/mol. The number of aromatic carboxylic acids is 1. The van der Waals surface area contributed by atoms with Crippen LogP contribution >= 0.6 is 0 Å². The number of amidine groups is 2. The fourth-order valence-electron chi connectivity index (χ4n) is 11.4. The van der Waals surface area contributed by atoms with Crippen LogP contribution in [-0.4, -0.2) is 171 Å². The minimum atomic E-state index is -4.87. The van der Waals surface area contributed by atoms with Crippen LogP contribution in [0.2, 0.25) is 0 Å². The maximum Gasteiger partial charge on any atom is 0.573 e. The molecule has 0 saturated carbocycles. The standard InChI is InChI=1S/C29H32F4N4O5S.C25H26F3N3O6S.C4H8FN/c1-18-14-21(26(38)36-10-6-22(30)17-36)15-19(2)24(18)7-13-43(40,41)37-11-8-28(9-12-37)27(39)34-25(35-28)20-4-3-5-23(16-20)42-29(31,32)33;1-15-12-18(22(32)33)13-16(2)20(15)6-11-38(35,36)31-9-7-24(8-10-31)23(34)29-21(30-24)17-4-3-5-19(14-17)37-25(26,27)28;5-4-1-2-6-3-4/h3-5,14-16,22H,6-13,17H2,1-2H3,(H,34,35,39);3-5,12-14H,6-11H2,1-2H3,(H,32,33)(H,29,30,34);4,6H,1-3H2/t22-;;4-/m1.1/s1. The highest BCUT2D eigenvalue weighted by Gasteiger charge is 2.49. The number of nitrogens with zero attached hydrogens (tertiary/aromatic N) is 5. The predicted molar refractivity (Wildman–Crippen MR) is 304 cm³/mol.